The van der Waals surface area contributed by atoms with E-state index in [1.165, 1.54) is 22.2 Å². The molecule has 0 bridgehead atoms. The maximum atomic E-state index is 5.25. The largest absolute Gasteiger partial charge is 0.385 e. The normalized spacial score (nSPS) is 16.8. The lowest BCUT2D eigenvalue weighted by Crippen LogP contribution is -2.14. The van der Waals surface area contributed by atoms with Crippen LogP contribution in [0.15, 0.2) is 35.1 Å². The first-order valence-electron chi connectivity index (χ1n) is 8.51. The van der Waals surface area contributed by atoms with Gasteiger partial charge in [0.1, 0.15) is 17.0 Å². The van der Waals surface area contributed by atoms with E-state index in [-0.39, 0.29) is 0 Å². The van der Waals surface area contributed by atoms with Crippen LogP contribution in [0.5, 0.6) is 0 Å². The zero-order chi connectivity index (χ0) is 17.2. The Morgan fingerprint density at radius 3 is 3.12 bits per heavy atom. The van der Waals surface area contributed by atoms with E-state index in [0.717, 1.165) is 52.6 Å². The number of fused-ring (bicyclic) bond motifs is 3. The fraction of sp³-hybridized carbons (Fsp3) is 0.368. The maximum absolute atomic E-state index is 5.25. The van der Waals surface area contributed by atoms with Gasteiger partial charge in [0.2, 0.25) is 0 Å². The zero-order valence-electron chi connectivity index (χ0n) is 14.1. The molecule has 0 fully saturated rings. The van der Waals surface area contributed by atoms with Gasteiger partial charge >= 0.3 is 0 Å². The number of nitrogens with one attached hydrogen (secondary N) is 1. The van der Waals surface area contributed by atoms with Crippen LogP contribution in [-0.4, -0.2) is 23.7 Å². The number of anilines is 2. The van der Waals surface area contributed by atoms with Crippen LogP contribution in [0.1, 0.15) is 23.3 Å². The molecular formula is C19H20BrN3OS. The van der Waals surface area contributed by atoms with Crippen molar-refractivity contribution in [3.8, 4) is 0 Å². The molecule has 1 atom stereocenters. The van der Waals surface area contributed by atoms with Gasteiger partial charge in [-0.15, -0.1) is 11.3 Å². The predicted molar refractivity (Wildman–Crippen MR) is 107 cm³/mol. The van der Waals surface area contributed by atoms with Gasteiger partial charge in [-0.05, 0) is 55.4 Å². The third-order valence-electron chi connectivity index (χ3n) is 4.76. The van der Waals surface area contributed by atoms with Crippen LogP contribution >= 0.6 is 27.3 Å². The minimum absolute atomic E-state index is 0.718. The van der Waals surface area contributed by atoms with Crippen molar-refractivity contribution in [1.82, 2.24) is 9.97 Å². The molecule has 2 heterocycles. The van der Waals surface area contributed by atoms with Gasteiger partial charge < -0.3 is 10.1 Å². The lowest BCUT2D eigenvalue weighted by molar-refractivity contribution is 0.174. The van der Waals surface area contributed by atoms with E-state index in [4.69, 9.17) is 4.74 Å². The Morgan fingerprint density at radius 2 is 2.28 bits per heavy atom. The van der Waals surface area contributed by atoms with E-state index >= 15 is 0 Å². The highest BCUT2D eigenvalue weighted by atomic mass is 79.9. The average Bonchev–Trinajstić information content (AvgIpc) is 2.98. The maximum Gasteiger partial charge on any atom is 0.142 e. The van der Waals surface area contributed by atoms with E-state index in [1.807, 2.05) is 23.5 Å². The van der Waals surface area contributed by atoms with Gasteiger partial charge in [-0.1, -0.05) is 22.0 Å². The molecule has 1 unspecified atom stereocenters. The Bertz CT molecular complexity index is 896. The quantitative estimate of drug-likeness (QED) is 0.608. The molecule has 1 N–H and O–H groups in total. The van der Waals surface area contributed by atoms with Crippen molar-refractivity contribution >= 4 is 49.0 Å². The summed E-state index contributed by atoms with van der Waals surface area (Å²) < 4.78 is 6.31. The van der Waals surface area contributed by atoms with Gasteiger partial charge in [-0.25, -0.2) is 9.97 Å². The summed E-state index contributed by atoms with van der Waals surface area (Å²) in [6.07, 6.45) is 6.25. The molecule has 0 spiro atoms. The van der Waals surface area contributed by atoms with Gasteiger partial charge in [0.15, 0.2) is 0 Å². The summed E-state index contributed by atoms with van der Waals surface area (Å²) in [4.78, 5) is 11.6. The lowest BCUT2D eigenvalue weighted by atomic mass is 9.86. The van der Waals surface area contributed by atoms with Crippen molar-refractivity contribution in [3.05, 3.63) is 45.5 Å². The Balaban J connectivity index is 1.67. The van der Waals surface area contributed by atoms with Crippen LogP contribution in [0.25, 0.3) is 10.2 Å². The first-order chi connectivity index (χ1) is 12.2. The summed E-state index contributed by atoms with van der Waals surface area (Å²) in [5, 5.41) is 4.68. The summed E-state index contributed by atoms with van der Waals surface area (Å²) in [5.74, 6) is 1.63. The van der Waals surface area contributed by atoms with Crippen LogP contribution < -0.4 is 5.32 Å². The molecule has 2 aromatic heterocycles. The molecule has 4 nitrogen and oxygen atoms in total. The molecule has 1 aliphatic rings. The fourth-order valence-electron chi connectivity index (χ4n) is 3.51. The minimum Gasteiger partial charge on any atom is -0.385 e. The predicted octanol–water partition coefficient (Wildman–Crippen LogP) is 5.34. The molecule has 0 radical (unpaired) electrons. The number of benzene rings is 1. The third kappa shape index (κ3) is 3.57. The highest BCUT2D eigenvalue weighted by Crippen LogP contribution is 2.41. The smallest absolute Gasteiger partial charge is 0.142 e. The second-order valence-electron chi connectivity index (χ2n) is 6.43. The Kier molecular flexibility index (Phi) is 5.01. The number of nitrogens with zero attached hydrogens (tertiary/aromatic N) is 2. The van der Waals surface area contributed by atoms with Gasteiger partial charge in [-0.3, -0.25) is 0 Å². The molecule has 130 valence electrons. The topological polar surface area (TPSA) is 47.0 Å². The summed E-state index contributed by atoms with van der Waals surface area (Å²) in [7, 11) is 1.78. The van der Waals surface area contributed by atoms with Gasteiger partial charge in [0.25, 0.3) is 0 Å². The molecule has 0 saturated carbocycles. The van der Waals surface area contributed by atoms with Gasteiger partial charge in [0.05, 0.1) is 5.39 Å². The Labute approximate surface area is 159 Å². The number of halogens is 1. The van der Waals surface area contributed by atoms with Crippen molar-refractivity contribution in [2.75, 3.05) is 19.0 Å². The van der Waals surface area contributed by atoms with E-state index in [1.54, 1.807) is 13.4 Å². The van der Waals surface area contributed by atoms with Crippen molar-refractivity contribution in [2.24, 2.45) is 5.92 Å². The van der Waals surface area contributed by atoms with Crippen molar-refractivity contribution in [2.45, 2.75) is 25.7 Å². The number of methoxy groups -OCH3 is 1. The number of ether oxygens (including phenoxy) is 1. The molecule has 1 aliphatic carbocycles. The fourth-order valence-corrected chi connectivity index (χ4v) is 5.21. The summed E-state index contributed by atoms with van der Waals surface area (Å²) >= 11 is 5.35. The number of hydrogen-bond acceptors (Lipinski definition) is 5. The van der Waals surface area contributed by atoms with E-state index in [2.05, 4.69) is 43.3 Å². The van der Waals surface area contributed by atoms with Crippen LogP contribution in [0.3, 0.4) is 0 Å². The second-order valence-corrected chi connectivity index (χ2v) is 8.43. The van der Waals surface area contributed by atoms with Crippen molar-refractivity contribution in [3.63, 3.8) is 0 Å². The van der Waals surface area contributed by atoms with Crippen LogP contribution in [-0.2, 0) is 17.6 Å². The molecule has 0 saturated heterocycles. The first-order valence-corrected chi connectivity index (χ1v) is 10.1. The number of thiophene rings is 1. The highest BCUT2D eigenvalue weighted by molar-refractivity contribution is 9.10. The Hall–Kier alpha value is -1.50. The lowest BCUT2D eigenvalue weighted by Gasteiger charge is -2.22. The molecule has 0 aliphatic heterocycles. The zero-order valence-corrected chi connectivity index (χ0v) is 16.5. The number of aryl methyl sites for hydroxylation is 1. The van der Waals surface area contributed by atoms with Crippen LogP contribution in [0, 0.1) is 5.92 Å². The number of rotatable bonds is 5. The second kappa shape index (κ2) is 7.40. The minimum atomic E-state index is 0.718. The standard InChI is InChI=1S/C19H20BrN3OS/c1-24-8-7-12-5-6-15-16(9-12)25-19-17(15)18(21-11-22-19)23-14-4-2-3-13(20)10-14/h2-4,10-12H,5-9H2,1H3,(H,21,22,23). The van der Waals surface area contributed by atoms with E-state index < -0.39 is 0 Å². The number of hydrogen-bond donors (Lipinski definition) is 1. The average molecular weight is 418 g/mol. The van der Waals surface area contributed by atoms with Crippen LogP contribution in [0.4, 0.5) is 11.5 Å². The number of aromatic nitrogens is 2. The highest BCUT2D eigenvalue weighted by Gasteiger charge is 2.25. The molecule has 1 aromatic carbocycles. The molecule has 3 aromatic rings. The third-order valence-corrected chi connectivity index (χ3v) is 6.42. The molecule has 0 amide bonds. The van der Waals surface area contributed by atoms with Crippen molar-refractivity contribution in [1.29, 1.82) is 0 Å². The SMILES string of the molecule is COCCC1CCc2c(sc3ncnc(Nc4cccc(Br)c4)c23)C1. The Morgan fingerprint density at radius 1 is 1.36 bits per heavy atom. The van der Waals surface area contributed by atoms with Crippen LogP contribution in [0.2, 0.25) is 0 Å². The van der Waals surface area contributed by atoms with Gasteiger partial charge in [-0.2, -0.15) is 0 Å². The molecule has 6 heteroatoms. The summed E-state index contributed by atoms with van der Waals surface area (Å²) in [5.41, 5.74) is 2.47. The van der Waals surface area contributed by atoms with Crippen molar-refractivity contribution < 1.29 is 4.74 Å². The summed E-state index contributed by atoms with van der Waals surface area (Å²) in [6.45, 7) is 0.848. The van der Waals surface area contributed by atoms with E-state index in [0.29, 0.717) is 0 Å². The first kappa shape index (κ1) is 16.9. The molecule has 25 heavy (non-hydrogen) atoms. The monoisotopic (exact) mass is 417 g/mol. The molecule has 4 rings (SSSR count). The molecular weight excluding hydrogens is 398 g/mol. The summed E-state index contributed by atoms with van der Waals surface area (Å²) in [6, 6.07) is 8.16. The van der Waals surface area contributed by atoms with Gasteiger partial charge in [0, 0.05) is 28.8 Å². The van der Waals surface area contributed by atoms with E-state index in [9.17, 15) is 0 Å².